The quantitative estimate of drug-likeness (QED) is 0.248. The minimum absolute atomic E-state index is 0.103. The van der Waals surface area contributed by atoms with Gasteiger partial charge in [0.15, 0.2) is 0 Å². The average Bonchev–Trinajstić information content (AvgIpc) is 3.02. The van der Waals surface area contributed by atoms with Gasteiger partial charge in [0.05, 0.1) is 17.7 Å². The summed E-state index contributed by atoms with van der Waals surface area (Å²) in [5, 5.41) is 0. The largest absolute Gasteiger partial charge is 0.464 e. The molecule has 176 valence electrons. The van der Waals surface area contributed by atoms with Gasteiger partial charge in [0.25, 0.3) is 11.8 Å². The molecule has 3 rings (SSSR count). The van der Waals surface area contributed by atoms with Crippen molar-refractivity contribution in [2.24, 2.45) is 0 Å². The number of ether oxygens (including phenoxy) is 1. The van der Waals surface area contributed by atoms with Crippen LogP contribution < -0.4 is 4.90 Å². The average molecular weight is 532 g/mol. The van der Waals surface area contributed by atoms with Gasteiger partial charge in [-0.15, -0.1) is 46.4 Å². The van der Waals surface area contributed by atoms with Crippen molar-refractivity contribution in [3.63, 3.8) is 0 Å². The first-order chi connectivity index (χ1) is 15.7. The lowest BCUT2D eigenvalue weighted by molar-refractivity contribution is -0.147. The molecule has 0 radical (unpaired) electrons. The van der Waals surface area contributed by atoms with Crippen LogP contribution in [-0.4, -0.2) is 58.1 Å². The molecule has 0 aromatic heterocycles. The normalized spacial score (nSPS) is 14.1. The molecule has 2 amide bonds. The van der Waals surface area contributed by atoms with Gasteiger partial charge in [-0.25, -0.2) is 4.79 Å². The van der Waals surface area contributed by atoms with Crippen LogP contribution in [0, 0.1) is 0 Å². The molecule has 1 atom stereocenters. The Hall–Kier alpha value is -1.99. The van der Waals surface area contributed by atoms with Gasteiger partial charge in [0, 0.05) is 25.2 Å². The lowest BCUT2D eigenvalue weighted by atomic mass is 10.0. The Kier molecular flexibility index (Phi) is 8.88. The fourth-order valence-electron chi connectivity index (χ4n) is 3.69. The lowest BCUT2D eigenvalue weighted by Gasteiger charge is -2.27. The van der Waals surface area contributed by atoms with Crippen molar-refractivity contribution >= 4 is 69.9 Å². The van der Waals surface area contributed by atoms with Crippen LogP contribution in [-0.2, 0) is 16.0 Å². The summed E-state index contributed by atoms with van der Waals surface area (Å²) in [5.74, 6) is -1.67. The van der Waals surface area contributed by atoms with Crippen molar-refractivity contribution < 1.29 is 19.1 Å². The van der Waals surface area contributed by atoms with E-state index in [4.69, 9.17) is 51.1 Å². The molecule has 6 nitrogen and oxygen atoms in total. The Morgan fingerprint density at radius 1 is 0.909 bits per heavy atom. The number of carbonyl (C=O) groups excluding carboxylic acids is 3. The third-order valence-corrected chi connectivity index (χ3v) is 5.70. The number of halogens is 4. The van der Waals surface area contributed by atoms with E-state index in [9.17, 15) is 14.4 Å². The molecule has 0 fully saturated rings. The topological polar surface area (TPSA) is 66.9 Å². The first-order valence-corrected chi connectivity index (χ1v) is 12.0. The van der Waals surface area contributed by atoms with Crippen LogP contribution >= 0.6 is 46.4 Å². The molecule has 10 heteroatoms. The number of amides is 2. The molecule has 2 aromatic carbocycles. The minimum Gasteiger partial charge on any atom is -0.464 e. The molecule has 0 spiro atoms. The molecular formula is C23H22Cl4N2O4. The number of rotatable bonds is 10. The molecule has 0 bridgehead atoms. The monoisotopic (exact) mass is 530 g/mol. The van der Waals surface area contributed by atoms with Crippen molar-refractivity contribution in [2.75, 3.05) is 24.6 Å². The van der Waals surface area contributed by atoms with Crippen molar-refractivity contribution in [3.8, 4) is 0 Å². The van der Waals surface area contributed by atoms with Gasteiger partial charge >= 0.3 is 5.97 Å². The third kappa shape index (κ3) is 6.12. The second-order valence-electron chi connectivity index (χ2n) is 7.35. The van der Waals surface area contributed by atoms with Crippen LogP contribution in [0.2, 0.25) is 0 Å². The Labute approximate surface area is 212 Å². The molecule has 1 aliphatic heterocycles. The summed E-state index contributed by atoms with van der Waals surface area (Å²) >= 11 is 23.7. The molecule has 0 N–H and O–H groups in total. The highest BCUT2D eigenvalue weighted by Gasteiger charge is 2.43. The summed E-state index contributed by atoms with van der Waals surface area (Å²) in [7, 11) is 0. The van der Waals surface area contributed by atoms with Crippen LogP contribution in [0.4, 0.5) is 5.69 Å². The van der Waals surface area contributed by atoms with Crippen LogP contribution in [0.15, 0.2) is 48.5 Å². The number of anilines is 1. The zero-order valence-corrected chi connectivity index (χ0v) is 20.7. The van der Waals surface area contributed by atoms with Gasteiger partial charge in [-0.2, -0.15) is 0 Å². The van der Waals surface area contributed by atoms with Crippen molar-refractivity contribution in [2.45, 2.75) is 29.1 Å². The lowest BCUT2D eigenvalue weighted by Crippen LogP contribution is -2.47. The summed E-state index contributed by atoms with van der Waals surface area (Å²) in [6.07, 6.45) is 0.103. The molecule has 1 heterocycles. The van der Waals surface area contributed by atoms with E-state index in [0.29, 0.717) is 13.1 Å². The molecule has 33 heavy (non-hydrogen) atoms. The van der Waals surface area contributed by atoms with E-state index < -0.39 is 33.5 Å². The van der Waals surface area contributed by atoms with Gasteiger partial charge in [0.1, 0.15) is 15.7 Å². The second kappa shape index (κ2) is 11.4. The Morgan fingerprint density at radius 3 is 1.88 bits per heavy atom. The number of esters is 1. The summed E-state index contributed by atoms with van der Waals surface area (Å²) in [6.45, 7) is 2.43. The van der Waals surface area contributed by atoms with Crippen LogP contribution in [0.1, 0.15) is 33.2 Å². The molecule has 0 aliphatic carbocycles. The number of hydrogen-bond donors (Lipinski definition) is 0. The fraction of sp³-hybridized carbons (Fsp3) is 0.348. The van der Waals surface area contributed by atoms with Crippen molar-refractivity contribution in [1.29, 1.82) is 0 Å². The number of nitrogens with zero attached hydrogens (tertiary/aromatic N) is 2. The van der Waals surface area contributed by atoms with E-state index >= 15 is 0 Å². The van der Waals surface area contributed by atoms with E-state index in [1.807, 2.05) is 17.0 Å². The summed E-state index contributed by atoms with van der Waals surface area (Å²) in [4.78, 5) is 40.2. The molecule has 2 aromatic rings. The number of alkyl halides is 4. The fourth-order valence-corrected chi connectivity index (χ4v) is 4.36. The molecule has 0 saturated heterocycles. The number of fused-ring (bicyclic) bond motifs is 1. The predicted octanol–water partition coefficient (Wildman–Crippen LogP) is 4.87. The van der Waals surface area contributed by atoms with Gasteiger partial charge in [-0.3, -0.25) is 14.5 Å². The van der Waals surface area contributed by atoms with Gasteiger partial charge in [0.2, 0.25) is 0 Å². The van der Waals surface area contributed by atoms with Crippen LogP contribution in [0.25, 0.3) is 0 Å². The van der Waals surface area contributed by atoms with Crippen molar-refractivity contribution in [1.82, 2.24) is 4.90 Å². The highest BCUT2D eigenvalue weighted by molar-refractivity contribution is 6.45. The molecule has 1 unspecified atom stereocenters. The maximum absolute atomic E-state index is 12.9. The number of imide groups is 1. The standard InChI is InChI=1S/C23H22Cl4N2O4/c1-2-33-23(32)18(29-21(30)16-5-3-4-6-17(16)22(29)31)11-14-7-9-15(10-8-14)28(12-19(24)25)13-20(26)27/h3-10,18-20H,2,11-13H2,1H3. The maximum Gasteiger partial charge on any atom is 0.329 e. The Morgan fingerprint density at radius 2 is 1.42 bits per heavy atom. The minimum atomic E-state index is -1.09. The Balaban J connectivity index is 1.85. The van der Waals surface area contributed by atoms with E-state index in [0.717, 1.165) is 16.2 Å². The first-order valence-electron chi connectivity index (χ1n) is 10.3. The van der Waals surface area contributed by atoms with Gasteiger partial charge in [-0.1, -0.05) is 24.3 Å². The summed E-state index contributed by atoms with van der Waals surface area (Å²) < 4.78 is 5.18. The van der Waals surface area contributed by atoms with Crippen molar-refractivity contribution in [3.05, 3.63) is 65.2 Å². The first kappa shape index (κ1) is 25.6. The molecule has 1 aliphatic rings. The van der Waals surface area contributed by atoms with Crippen LogP contribution in [0.3, 0.4) is 0 Å². The van der Waals surface area contributed by atoms with Crippen LogP contribution in [0.5, 0.6) is 0 Å². The summed E-state index contributed by atoms with van der Waals surface area (Å²) in [6, 6.07) is 12.6. The third-order valence-electron chi connectivity index (χ3n) is 5.14. The second-order valence-corrected chi connectivity index (χ2v) is 9.91. The molecular weight excluding hydrogens is 510 g/mol. The van der Waals surface area contributed by atoms with E-state index in [1.54, 1.807) is 43.3 Å². The van der Waals surface area contributed by atoms with E-state index in [-0.39, 0.29) is 24.2 Å². The highest BCUT2D eigenvalue weighted by Crippen LogP contribution is 2.27. The zero-order chi connectivity index (χ0) is 24.1. The highest BCUT2D eigenvalue weighted by atomic mass is 35.5. The van der Waals surface area contributed by atoms with Gasteiger partial charge in [-0.05, 0) is 36.8 Å². The Bertz CT molecular complexity index is 969. The SMILES string of the molecule is CCOC(=O)C(Cc1ccc(N(CC(Cl)Cl)CC(Cl)Cl)cc1)N1C(=O)c2ccccc2C1=O. The number of benzene rings is 2. The maximum atomic E-state index is 12.9. The summed E-state index contributed by atoms with van der Waals surface area (Å²) in [5.41, 5.74) is 2.06. The smallest absolute Gasteiger partial charge is 0.329 e. The predicted molar refractivity (Wildman–Crippen MR) is 131 cm³/mol. The van der Waals surface area contributed by atoms with E-state index in [1.165, 1.54) is 0 Å². The van der Waals surface area contributed by atoms with Gasteiger partial charge < -0.3 is 9.64 Å². The zero-order valence-electron chi connectivity index (χ0n) is 17.7. The number of carbonyl (C=O) groups is 3. The molecule has 0 saturated carbocycles. The van der Waals surface area contributed by atoms with E-state index in [2.05, 4.69) is 0 Å². The number of hydrogen-bond acceptors (Lipinski definition) is 5.